The molecule has 0 saturated heterocycles. The second kappa shape index (κ2) is 8.26. The first-order chi connectivity index (χ1) is 11.4. The molecule has 0 spiro atoms. The zero-order valence-electron chi connectivity index (χ0n) is 14.5. The maximum atomic E-state index is 12.3. The van der Waals surface area contributed by atoms with Gasteiger partial charge in [-0.3, -0.25) is 9.59 Å². The van der Waals surface area contributed by atoms with Gasteiger partial charge in [0, 0.05) is 39.2 Å². The average molecular weight is 334 g/mol. The zero-order chi connectivity index (χ0) is 17.7. The first kappa shape index (κ1) is 18.4. The highest BCUT2D eigenvalue weighted by atomic mass is 16.5. The molecule has 1 aromatic carbocycles. The second-order valence-electron chi connectivity index (χ2n) is 6.47. The Morgan fingerprint density at radius 3 is 2.50 bits per heavy atom. The van der Waals surface area contributed by atoms with Gasteiger partial charge >= 0.3 is 0 Å². The Kier molecular flexibility index (Phi) is 6.34. The van der Waals surface area contributed by atoms with E-state index in [1.165, 1.54) is 4.90 Å². The maximum Gasteiger partial charge on any atom is 0.253 e. The van der Waals surface area contributed by atoms with Gasteiger partial charge in [0.1, 0.15) is 0 Å². The number of carbonyl (C=O) groups is 2. The Bertz CT molecular complexity index is 571. The van der Waals surface area contributed by atoms with Crippen LogP contribution in [-0.2, 0) is 16.1 Å². The number of nitrogens with zero attached hydrogens (tertiary/aromatic N) is 1. The predicted octanol–water partition coefficient (Wildman–Crippen LogP) is 1.18. The van der Waals surface area contributed by atoms with Crippen molar-refractivity contribution in [2.24, 2.45) is 5.92 Å². The number of aliphatic hydroxyl groups excluding tert-OH is 1. The number of methoxy groups -OCH3 is 1. The predicted molar refractivity (Wildman–Crippen MR) is 90.5 cm³/mol. The molecule has 0 aliphatic heterocycles. The molecular weight excluding hydrogens is 308 g/mol. The summed E-state index contributed by atoms with van der Waals surface area (Å²) in [6, 6.07) is 7.22. The van der Waals surface area contributed by atoms with Crippen molar-refractivity contribution in [3.63, 3.8) is 0 Å². The summed E-state index contributed by atoms with van der Waals surface area (Å²) in [6.45, 7) is 0.423. The Hall–Kier alpha value is -1.92. The van der Waals surface area contributed by atoms with Crippen molar-refractivity contribution in [3.05, 3.63) is 35.4 Å². The molecule has 1 saturated carbocycles. The molecule has 0 bridgehead atoms. The van der Waals surface area contributed by atoms with Crippen LogP contribution in [0, 0.1) is 5.92 Å². The number of nitrogens with one attached hydrogen (secondary N) is 1. The molecule has 132 valence electrons. The molecule has 0 radical (unpaired) electrons. The van der Waals surface area contributed by atoms with Gasteiger partial charge in [-0.1, -0.05) is 12.1 Å². The highest BCUT2D eigenvalue weighted by Crippen LogP contribution is 2.26. The minimum Gasteiger partial charge on any atom is -0.390 e. The third kappa shape index (κ3) is 4.55. The summed E-state index contributed by atoms with van der Waals surface area (Å²) >= 11 is 0. The molecule has 6 heteroatoms. The van der Waals surface area contributed by atoms with E-state index < -0.39 is 6.10 Å². The average Bonchev–Trinajstić information content (AvgIpc) is 2.59. The van der Waals surface area contributed by atoms with Crippen LogP contribution in [0.2, 0.25) is 0 Å². The van der Waals surface area contributed by atoms with Crippen molar-refractivity contribution >= 4 is 11.8 Å². The van der Waals surface area contributed by atoms with Crippen LogP contribution in [0.4, 0.5) is 0 Å². The van der Waals surface area contributed by atoms with E-state index in [0.29, 0.717) is 31.4 Å². The van der Waals surface area contributed by atoms with Gasteiger partial charge in [-0.15, -0.1) is 0 Å². The number of amides is 2. The van der Waals surface area contributed by atoms with Gasteiger partial charge < -0.3 is 20.1 Å². The Morgan fingerprint density at radius 2 is 1.92 bits per heavy atom. The van der Waals surface area contributed by atoms with Gasteiger partial charge in [-0.05, 0) is 37.0 Å². The van der Waals surface area contributed by atoms with Crippen LogP contribution in [0.25, 0.3) is 0 Å². The first-order valence-electron chi connectivity index (χ1n) is 8.21. The van der Waals surface area contributed by atoms with Crippen molar-refractivity contribution in [2.75, 3.05) is 21.2 Å². The van der Waals surface area contributed by atoms with E-state index in [4.69, 9.17) is 4.74 Å². The summed E-state index contributed by atoms with van der Waals surface area (Å²) in [4.78, 5) is 25.7. The quantitative estimate of drug-likeness (QED) is 0.847. The first-order valence-corrected chi connectivity index (χ1v) is 8.21. The molecule has 24 heavy (non-hydrogen) atoms. The van der Waals surface area contributed by atoms with Gasteiger partial charge in [0.2, 0.25) is 5.91 Å². The number of rotatable bonds is 5. The Balaban J connectivity index is 1.86. The standard InChI is InChI=1S/C18H26N2O4/c1-20(2)18(23)13-6-4-12(5-7-13)11-19-17(22)14-8-9-15(21)16(10-14)24-3/h4-7,14-16,21H,8-11H2,1-3H3,(H,19,22)/t14-,15+,16-/m1/s1. The maximum absolute atomic E-state index is 12.3. The molecule has 0 unspecified atom stereocenters. The highest BCUT2D eigenvalue weighted by molar-refractivity contribution is 5.93. The normalized spacial score (nSPS) is 23.6. The third-order valence-corrected chi connectivity index (χ3v) is 4.50. The summed E-state index contributed by atoms with van der Waals surface area (Å²) in [5.74, 6) is -0.192. The summed E-state index contributed by atoms with van der Waals surface area (Å²) in [6.07, 6.45) is 1.03. The lowest BCUT2D eigenvalue weighted by molar-refractivity contribution is -0.130. The number of hydrogen-bond acceptors (Lipinski definition) is 4. The van der Waals surface area contributed by atoms with Gasteiger partial charge in [-0.2, -0.15) is 0 Å². The molecule has 0 aromatic heterocycles. The third-order valence-electron chi connectivity index (χ3n) is 4.50. The van der Waals surface area contributed by atoms with E-state index in [2.05, 4.69) is 5.32 Å². The molecule has 2 rings (SSSR count). The van der Waals surface area contributed by atoms with Crippen LogP contribution in [-0.4, -0.2) is 55.2 Å². The molecule has 2 N–H and O–H groups in total. The number of hydrogen-bond donors (Lipinski definition) is 2. The second-order valence-corrected chi connectivity index (χ2v) is 6.47. The summed E-state index contributed by atoms with van der Waals surface area (Å²) < 4.78 is 5.24. The Morgan fingerprint density at radius 1 is 1.25 bits per heavy atom. The van der Waals surface area contributed by atoms with Crippen LogP contribution < -0.4 is 5.32 Å². The monoisotopic (exact) mass is 334 g/mol. The molecule has 6 nitrogen and oxygen atoms in total. The number of carbonyl (C=O) groups excluding carboxylic acids is 2. The lowest BCUT2D eigenvalue weighted by Crippen LogP contribution is -2.41. The fraction of sp³-hybridized carbons (Fsp3) is 0.556. The van der Waals surface area contributed by atoms with Crippen molar-refractivity contribution < 1.29 is 19.4 Å². The SMILES string of the molecule is CO[C@@H]1C[C@H](C(=O)NCc2ccc(C(=O)N(C)C)cc2)CC[C@@H]1O. The molecule has 1 aromatic rings. The van der Waals surface area contributed by atoms with Crippen LogP contribution >= 0.6 is 0 Å². The van der Waals surface area contributed by atoms with Gasteiger partial charge in [0.25, 0.3) is 5.91 Å². The molecule has 2 amide bonds. The van der Waals surface area contributed by atoms with E-state index >= 15 is 0 Å². The topological polar surface area (TPSA) is 78.9 Å². The summed E-state index contributed by atoms with van der Waals surface area (Å²) in [7, 11) is 4.99. The van der Waals surface area contributed by atoms with Crippen LogP contribution in [0.1, 0.15) is 35.2 Å². The van der Waals surface area contributed by atoms with Crippen molar-refractivity contribution in [1.29, 1.82) is 0 Å². The van der Waals surface area contributed by atoms with Crippen molar-refractivity contribution in [1.82, 2.24) is 10.2 Å². The van der Waals surface area contributed by atoms with E-state index in [-0.39, 0.29) is 23.8 Å². The van der Waals surface area contributed by atoms with Crippen molar-refractivity contribution in [2.45, 2.75) is 38.0 Å². The van der Waals surface area contributed by atoms with E-state index in [1.54, 1.807) is 33.3 Å². The molecule has 1 fully saturated rings. The van der Waals surface area contributed by atoms with Crippen molar-refractivity contribution in [3.8, 4) is 0 Å². The molecule has 3 atom stereocenters. The van der Waals surface area contributed by atoms with Crippen LogP contribution in [0.15, 0.2) is 24.3 Å². The number of aliphatic hydroxyl groups is 1. The smallest absolute Gasteiger partial charge is 0.253 e. The lowest BCUT2D eigenvalue weighted by atomic mass is 9.84. The minimum atomic E-state index is -0.485. The summed E-state index contributed by atoms with van der Waals surface area (Å²) in [5.41, 5.74) is 1.57. The van der Waals surface area contributed by atoms with Gasteiger partial charge in [0.15, 0.2) is 0 Å². The van der Waals surface area contributed by atoms with E-state index in [9.17, 15) is 14.7 Å². The van der Waals surface area contributed by atoms with E-state index in [0.717, 1.165) is 5.56 Å². The van der Waals surface area contributed by atoms with Gasteiger partial charge in [0.05, 0.1) is 12.2 Å². The molecular formula is C18H26N2O4. The zero-order valence-corrected chi connectivity index (χ0v) is 14.5. The fourth-order valence-corrected chi connectivity index (χ4v) is 2.96. The number of ether oxygens (including phenoxy) is 1. The Labute approximate surface area is 142 Å². The molecule has 1 aliphatic carbocycles. The highest BCUT2D eigenvalue weighted by Gasteiger charge is 2.32. The minimum absolute atomic E-state index is 0.0163. The lowest BCUT2D eigenvalue weighted by Gasteiger charge is -2.31. The van der Waals surface area contributed by atoms with Crippen LogP contribution in [0.3, 0.4) is 0 Å². The molecule has 1 aliphatic rings. The fourth-order valence-electron chi connectivity index (χ4n) is 2.96. The molecule has 0 heterocycles. The van der Waals surface area contributed by atoms with E-state index in [1.807, 2.05) is 12.1 Å². The largest absolute Gasteiger partial charge is 0.390 e. The van der Waals surface area contributed by atoms with Gasteiger partial charge in [-0.25, -0.2) is 0 Å². The number of benzene rings is 1. The van der Waals surface area contributed by atoms with Crippen LogP contribution in [0.5, 0.6) is 0 Å². The summed E-state index contributed by atoms with van der Waals surface area (Å²) in [5, 5.41) is 12.7.